The first-order valence-electron chi connectivity index (χ1n) is 11.7. The van der Waals surface area contributed by atoms with Crippen molar-refractivity contribution in [2.75, 3.05) is 5.32 Å². The SMILES string of the molecule is C[n+]1noc(/N=C(\[O-])c2ccccc2)c1CN1C(=S)N(C2CC2)C(=O)C1CC(=O)Nc1ccc(F)cc1. The van der Waals surface area contributed by atoms with Crippen LogP contribution in [0.5, 0.6) is 0 Å². The van der Waals surface area contributed by atoms with Gasteiger partial charge in [-0.15, -0.1) is 0 Å². The van der Waals surface area contributed by atoms with Crippen LogP contribution in [-0.2, 0) is 23.2 Å². The third-order valence-electron chi connectivity index (χ3n) is 6.20. The number of aromatic nitrogens is 2. The molecule has 3 aromatic rings. The lowest BCUT2D eigenvalue weighted by atomic mass is 10.1. The highest BCUT2D eigenvalue weighted by atomic mass is 32.1. The Morgan fingerprint density at radius 2 is 1.95 bits per heavy atom. The number of hydrogen-bond donors (Lipinski definition) is 1. The zero-order valence-electron chi connectivity index (χ0n) is 19.8. The summed E-state index contributed by atoms with van der Waals surface area (Å²) in [5.41, 5.74) is 1.21. The zero-order chi connectivity index (χ0) is 26.1. The summed E-state index contributed by atoms with van der Waals surface area (Å²) in [5.74, 6) is -1.62. The summed E-state index contributed by atoms with van der Waals surface area (Å²) in [5, 5.41) is 19.5. The number of aryl methyl sites for hydroxylation is 1. The minimum absolute atomic E-state index is 0.00713. The molecular weight excluding hydrogens is 499 g/mol. The molecule has 2 heterocycles. The smallest absolute Gasteiger partial charge is 0.325 e. The molecule has 1 N–H and O–H groups in total. The molecule has 1 atom stereocenters. The van der Waals surface area contributed by atoms with Gasteiger partial charge in [-0.3, -0.25) is 19.0 Å². The Balaban J connectivity index is 1.40. The highest BCUT2D eigenvalue weighted by Gasteiger charge is 2.50. The molecule has 1 unspecified atom stereocenters. The topological polar surface area (TPSA) is 118 Å². The number of amides is 2. The Bertz CT molecular complexity index is 1370. The first-order valence-corrected chi connectivity index (χ1v) is 12.1. The average molecular weight is 523 g/mol. The van der Waals surface area contributed by atoms with Crippen molar-refractivity contribution in [1.29, 1.82) is 0 Å². The van der Waals surface area contributed by atoms with Crippen LogP contribution in [0.1, 0.15) is 30.5 Å². The Labute approximate surface area is 217 Å². The molecule has 1 saturated carbocycles. The second kappa shape index (κ2) is 10.1. The van der Waals surface area contributed by atoms with Crippen LogP contribution in [-0.4, -0.2) is 50.0 Å². The standard InChI is InChI=1S/C25H23FN6O4S/c1-30-20(23(36-29-30)28-22(34)15-5-3-2-4-6-15)14-31-19(24(35)32(25(31)37)18-11-12-18)13-21(33)27-17-9-7-16(26)8-10-17/h2-10,18-19H,11-14H2,1H3,(H-,27,28,29,33,34). The molecule has 0 spiro atoms. The van der Waals surface area contributed by atoms with Gasteiger partial charge in [-0.25, -0.2) is 9.38 Å². The number of thiocarbonyl (C=S) groups is 1. The number of nitrogens with zero attached hydrogens (tertiary/aromatic N) is 5. The molecule has 2 aliphatic rings. The van der Waals surface area contributed by atoms with E-state index in [4.69, 9.17) is 16.7 Å². The van der Waals surface area contributed by atoms with Gasteiger partial charge in [-0.1, -0.05) is 30.3 Å². The molecule has 1 aromatic heterocycles. The average Bonchev–Trinajstić information content (AvgIpc) is 3.62. The van der Waals surface area contributed by atoms with E-state index >= 15 is 0 Å². The Morgan fingerprint density at radius 3 is 2.62 bits per heavy atom. The molecule has 2 amide bonds. The summed E-state index contributed by atoms with van der Waals surface area (Å²) in [6.07, 6.45) is 1.49. The van der Waals surface area contributed by atoms with Gasteiger partial charge in [0, 0.05) is 11.7 Å². The highest BCUT2D eigenvalue weighted by molar-refractivity contribution is 7.80. The molecule has 190 valence electrons. The fourth-order valence-corrected chi connectivity index (χ4v) is 4.55. The van der Waals surface area contributed by atoms with Crippen LogP contribution in [0.15, 0.2) is 64.1 Å². The Morgan fingerprint density at radius 1 is 1.24 bits per heavy atom. The van der Waals surface area contributed by atoms with E-state index < -0.39 is 23.7 Å². The fraction of sp³-hybridized carbons (Fsp3) is 0.280. The van der Waals surface area contributed by atoms with Crippen LogP contribution in [0.3, 0.4) is 0 Å². The number of carbonyl (C=O) groups is 2. The third kappa shape index (κ3) is 5.19. The van der Waals surface area contributed by atoms with Crippen LogP contribution in [0.2, 0.25) is 0 Å². The lowest BCUT2D eigenvalue weighted by molar-refractivity contribution is -0.746. The van der Waals surface area contributed by atoms with Crippen molar-refractivity contribution in [3.63, 3.8) is 0 Å². The second-order valence-corrected chi connectivity index (χ2v) is 9.22. The van der Waals surface area contributed by atoms with Crippen LogP contribution in [0.25, 0.3) is 0 Å². The summed E-state index contributed by atoms with van der Waals surface area (Å²) < 4.78 is 19.9. The number of halogens is 1. The minimum Gasteiger partial charge on any atom is -0.858 e. The van der Waals surface area contributed by atoms with Crippen molar-refractivity contribution in [1.82, 2.24) is 15.1 Å². The number of rotatable bonds is 8. The largest absolute Gasteiger partial charge is 0.858 e. The van der Waals surface area contributed by atoms with Crippen LogP contribution in [0, 0.1) is 5.82 Å². The summed E-state index contributed by atoms with van der Waals surface area (Å²) >= 11 is 5.65. The Kier molecular flexibility index (Phi) is 6.66. The maximum absolute atomic E-state index is 13.3. The van der Waals surface area contributed by atoms with E-state index in [2.05, 4.69) is 15.6 Å². The van der Waals surface area contributed by atoms with E-state index in [1.807, 2.05) is 0 Å². The highest BCUT2D eigenvalue weighted by Crippen LogP contribution is 2.35. The van der Waals surface area contributed by atoms with E-state index in [0.717, 1.165) is 12.8 Å². The maximum atomic E-state index is 13.3. The van der Waals surface area contributed by atoms with Crippen LogP contribution >= 0.6 is 12.2 Å². The third-order valence-corrected chi connectivity index (χ3v) is 6.63. The van der Waals surface area contributed by atoms with E-state index in [0.29, 0.717) is 22.1 Å². The van der Waals surface area contributed by atoms with Gasteiger partial charge in [0.2, 0.25) is 11.2 Å². The summed E-state index contributed by atoms with van der Waals surface area (Å²) in [6, 6.07) is 13.0. The summed E-state index contributed by atoms with van der Waals surface area (Å²) in [6.45, 7) is 0.0448. The molecule has 1 saturated heterocycles. The van der Waals surface area contributed by atoms with Gasteiger partial charge in [0.1, 0.15) is 18.4 Å². The molecule has 2 aromatic carbocycles. The normalized spacial score (nSPS) is 18.0. The van der Waals surface area contributed by atoms with Crippen molar-refractivity contribution in [3.8, 4) is 0 Å². The molecule has 5 rings (SSSR count). The van der Waals surface area contributed by atoms with Gasteiger partial charge in [-0.2, -0.15) is 0 Å². The zero-order valence-corrected chi connectivity index (χ0v) is 20.7. The van der Waals surface area contributed by atoms with E-state index in [1.165, 1.54) is 28.9 Å². The van der Waals surface area contributed by atoms with E-state index in [-0.39, 0.29) is 30.8 Å². The molecule has 1 aliphatic carbocycles. The van der Waals surface area contributed by atoms with E-state index in [1.54, 1.807) is 47.2 Å². The lowest BCUT2D eigenvalue weighted by Crippen LogP contribution is -2.42. The second-order valence-electron chi connectivity index (χ2n) is 8.86. The molecule has 0 bridgehead atoms. The molecule has 0 radical (unpaired) electrons. The van der Waals surface area contributed by atoms with Gasteiger partial charge in [-0.05, 0) is 65.5 Å². The number of benzene rings is 2. The number of aliphatic imine (C=N–C) groups is 1. The summed E-state index contributed by atoms with van der Waals surface area (Å²) in [7, 11) is 1.63. The number of anilines is 1. The van der Waals surface area contributed by atoms with Gasteiger partial charge in [0.05, 0.1) is 6.42 Å². The maximum Gasteiger partial charge on any atom is 0.325 e. The molecule has 10 nitrogen and oxygen atoms in total. The molecule has 12 heteroatoms. The molecule has 37 heavy (non-hydrogen) atoms. The van der Waals surface area contributed by atoms with Crippen molar-refractivity contribution in [2.24, 2.45) is 12.0 Å². The monoisotopic (exact) mass is 522 g/mol. The van der Waals surface area contributed by atoms with Gasteiger partial charge >= 0.3 is 5.88 Å². The lowest BCUT2D eigenvalue weighted by Gasteiger charge is -2.21. The van der Waals surface area contributed by atoms with Gasteiger partial charge in [0.15, 0.2) is 12.2 Å². The van der Waals surface area contributed by atoms with Gasteiger partial charge in [0.25, 0.3) is 11.6 Å². The predicted octanol–water partition coefficient (Wildman–Crippen LogP) is 1.57. The van der Waals surface area contributed by atoms with Crippen molar-refractivity contribution < 1.29 is 28.3 Å². The number of carbonyl (C=O) groups excluding carboxylic acids is 2. The quantitative estimate of drug-likeness (QED) is 0.207. The predicted molar refractivity (Wildman–Crippen MR) is 132 cm³/mol. The molecule has 2 fully saturated rings. The van der Waals surface area contributed by atoms with Crippen molar-refractivity contribution >= 4 is 46.6 Å². The van der Waals surface area contributed by atoms with Crippen molar-refractivity contribution in [2.45, 2.75) is 37.9 Å². The van der Waals surface area contributed by atoms with Gasteiger partial charge < -0.3 is 15.3 Å². The first-order chi connectivity index (χ1) is 17.8. The summed E-state index contributed by atoms with van der Waals surface area (Å²) in [4.78, 5) is 33.5. The minimum atomic E-state index is -0.874. The number of nitrogens with one attached hydrogen (secondary N) is 1. The number of hydrogen-bond acceptors (Lipinski definition) is 7. The van der Waals surface area contributed by atoms with E-state index in [9.17, 15) is 19.1 Å². The molecule has 1 aliphatic heterocycles. The van der Waals surface area contributed by atoms with Crippen molar-refractivity contribution in [3.05, 3.63) is 71.7 Å². The van der Waals surface area contributed by atoms with Crippen LogP contribution in [0.4, 0.5) is 16.0 Å². The first kappa shape index (κ1) is 24.5. The molecular formula is C25H23FN6O4S. The fourth-order valence-electron chi connectivity index (χ4n) is 4.12. The van der Waals surface area contributed by atoms with Crippen LogP contribution < -0.4 is 15.1 Å². The Hall–Kier alpha value is -4.19.